The summed E-state index contributed by atoms with van der Waals surface area (Å²) in [5.41, 5.74) is 2.08. The summed E-state index contributed by atoms with van der Waals surface area (Å²) < 4.78 is 15.5. The zero-order valence-electron chi connectivity index (χ0n) is 10.7. The maximum absolute atomic E-state index is 14.2. The quantitative estimate of drug-likeness (QED) is 0.920. The molecule has 0 bridgehead atoms. The van der Waals surface area contributed by atoms with E-state index in [0.29, 0.717) is 11.3 Å². The van der Waals surface area contributed by atoms with Gasteiger partial charge >= 0.3 is 5.97 Å². The van der Waals surface area contributed by atoms with Crippen molar-refractivity contribution in [3.8, 4) is 11.3 Å². The second-order valence-corrected chi connectivity index (χ2v) is 4.74. The van der Waals surface area contributed by atoms with Crippen LogP contribution in [-0.4, -0.2) is 20.9 Å². The fourth-order valence-corrected chi connectivity index (χ4v) is 2.21. The summed E-state index contributed by atoms with van der Waals surface area (Å²) in [5.74, 6) is -1.72. The first-order chi connectivity index (χ1) is 8.82. The molecule has 0 amide bonds. The highest BCUT2D eigenvalue weighted by molar-refractivity contribution is 6.31. The Bertz CT molecular complexity index is 654. The Balaban J connectivity index is 2.75. The number of benzene rings is 1. The van der Waals surface area contributed by atoms with E-state index in [1.54, 1.807) is 20.0 Å². The molecule has 100 valence electrons. The number of halogens is 2. The van der Waals surface area contributed by atoms with Crippen molar-refractivity contribution in [3.63, 3.8) is 0 Å². The van der Waals surface area contributed by atoms with Crippen molar-refractivity contribution >= 4 is 17.6 Å². The van der Waals surface area contributed by atoms with Gasteiger partial charge in [-0.1, -0.05) is 11.6 Å². The van der Waals surface area contributed by atoms with Crippen molar-refractivity contribution in [1.82, 2.24) is 9.78 Å². The van der Waals surface area contributed by atoms with Gasteiger partial charge in [-0.05, 0) is 37.1 Å². The van der Waals surface area contributed by atoms with Crippen molar-refractivity contribution in [3.05, 3.63) is 39.8 Å². The van der Waals surface area contributed by atoms with E-state index in [0.717, 1.165) is 5.56 Å². The van der Waals surface area contributed by atoms with E-state index in [9.17, 15) is 9.18 Å². The fourth-order valence-electron chi connectivity index (χ4n) is 1.95. The molecule has 1 aromatic carbocycles. The molecule has 0 aliphatic rings. The molecule has 0 fully saturated rings. The number of hydrogen-bond donors (Lipinski definition) is 1. The number of aryl methyl sites for hydroxylation is 2. The summed E-state index contributed by atoms with van der Waals surface area (Å²) in [6.45, 7) is 3.58. The lowest BCUT2D eigenvalue weighted by Crippen LogP contribution is -2.01. The van der Waals surface area contributed by atoms with Crippen LogP contribution < -0.4 is 0 Å². The summed E-state index contributed by atoms with van der Waals surface area (Å²) in [7, 11) is 1.57. The number of carbonyl (C=O) groups is 1. The smallest absolute Gasteiger partial charge is 0.356 e. The molecule has 0 radical (unpaired) electrons. The van der Waals surface area contributed by atoms with E-state index < -0.39 is 11.8 Å². The van der Waals surface area contributed by atoms with Gasteiger partial charge in [0.25, 0.3) is 0 Å². The van der Waals surface area contributed by atoms with Gasteiger partial charge in [-0.2, -0.15) is 5.10 Å². The minimum absolute atomic E-state index is 0.0103. The molecule has 0 unspecified atom stereocenters. The fraction of sp³-hybridized carbons (Fsp3) is 0.231. The zero-order valence-corrected chi connectivity index (χ0v) is 11.4. The van der Waals surface area contributed by atoms with E-state index in [2.05, 4.69) is 5.10 Å². The number of carboxylic acids is 1. The standard InChI is InChI=1S/C13H12ClFN2O2/c1-6-4-8(14)12(15)11(7(6)2)10-5-9(13(18)19)16-17(10)3/h4-5H,1-3H3,(H,18,19). The van der Waals surface area contributed by atoms with Gasteiger partial charge in [0.2, 0.25) is 0 Å². The van der Waals surface area contributed by atoms with Crippen molar-refractivity contribution in [2.24, 2.45) is 7.05 Å². The largest absolute Gasteiger partial charge is 0.476 e. The van der Waals surface area contributed by atoms with Crippen molar-refractivity contribution in [2.75, 3.05) is 0 Å². The minimum Gasteiger partial charge on any atom is -0.476 e. The van der Waals surface area contributed by atoms with Crippen molar-refractivity contribution < 1.29 is 14.3 Å². The van der Waals surface area contributed by atoms with Crippen LogP contribution in [0.2, 0.25) is 5.02 Å². The Kier molecular flexibility index (Phi) is 3.32. The maximum atomic E-state index is 14.2. The molecule has 1 aromatic heterocycles. The van der Waals surface area contributed by atoms with Gasteiger partial charge in [0.1, 0.15) is 0 Å². The van der Waals surface area contributed by atoms with Gasteiger partial charge < -0.3 is 5.11 Å². The third-order valence-corrected chi connectivity index (χ3v) is 3.37. The summed E-state index contributed by atoms with van der Waals surface area (Å²) in [4.78, 5) is 10.9. The van der Waals surface area contributed by atoms with Gasteiger partial charge in [0.05, 0.1) is 10.7 Å². The van der Waals surface area contributed by atoms with Crippen molar-refractivity contribution in [1.29, 1.82) is 0 Å². The van der Waals surface area contributed by atoms with Gasteiger partial charge in [-0.25, -0.2) is 9.18 Å². The SMILES string of the molecule is Cc1cc(Cl)c(F)c(-c2cc(C(=O)O)nn2C)c1C. The molecule has 19 heavy (non-hydrogen) atoms. The lowest BCUT2D eigenvalue weighted by Gasteiger charge is -2.11. The third-order valence-electron chi connectivity index (χ3n) is 3.09. The maximum Gasteiger partial charge on any atom is 0.356 e. The average Bonchev–Trinajstić information content (AvgIpc) is 2.70. The Morgan fingerprint density at radius 2 is 2.05 bits per heavy atom. The highest BCUT2D eigenvalue weighted by Gasteiger charge is 2.20. The topological polar surface area (TPSA) is 55.1 Å². The molecule has 0 aliphatic heterocycles. The molecule has 4 nitrogen and oxygen atoms in total. The summed E-state index contributed by atoms with van der Waals surface area (Å²) in [5, 5.41) is 12.8. The molecule has 2 rings (SSSR count). The van der Waals surface area contributed by atoms with E-state index in [1.807, 2.05) is 6.92 Å². The van der Waals surface area contributed by atoms with Crippen LogP contribution >= 0.6 is 11.6 Å². The minimum atomic E-state index is -1.15. The normalized spacial score (nSPS) is 10.8. The Morgan fingerprint density at radius 1 is 1.42 bits per heavy atom. The third kappa shape index (κ3) is 2.21. The van der Waals surface area contributed by atoms with Crippen LogP contribution in [0.3, 0.4) is 0 Å². The molecule has 0 atom stereocenters. The molecule has 0 aliphatic carbocycles. The average molecular weight is 283 g/mol. The summed E-state index contributed by atoms with van der Waals surface area (Å²) in [6, 6.07) is 2.88. The predicted octanol–water partition coefficient (Wildman–Crippen LogP) is 3.19. The van der Waals surface area contributed by atoms with Gasteiger partial charge in [0.15, 0.2) is 11.5 Å². The Morgan fingerprint density at radius 3 is 2.58 bits per heavy atom. The van der Waals surface area contributed by atoms with Crippen LogP contribution in [0.1, 0.15) is 21.6 Å². The number of carboxylic acid groups (broad SMARTS) is 1. The lowest BCUT2D eigenvalue weighted by molar-refractivity contribution is 0.0689. The number of rotatable bonds is 2. The van der Waals surface area contributed by atoms with Crippen LogP contribution in [0.25, 0.3) is 11.3 Å². The number of aromatic carboxylic acids is 1. The zero-order chi connectivity index (χ0) is 14.3. The first kappa shape index (κ1) is 13.5. The van der Waals surface area contributed by atoms with Crippen LogP contribution in [0.4, 0.5) is 4.39 Å². The second-order valence-electron chi connectivity index (χ2n) is 4.33. The second kappa shape index (κ2) is 4.66. The summed E-state index contributed by atoms with van der Waals surface area (Å²) >= 11 is 5.84. The monoisotopic (exact) mass is 282 g/mol. The number of hydrogen-bond acceptors (Lipinski definition) is 2. The van der Waals surface area contributed by atoms with Crippen LogP contribution in [0, 0.1) is 19.7 Å². The molecule has 1 heterocycles. The van der Waals surface area contributed by atoms with Crippen LogP contribution in [-0.2, 0) is 7.05 Å². The number of aromatic nitrogens is 2. The molecule has 2 aromatic rings. The molecular formula is C13H12ClFN2O2. The molecule has 6 heteroatoms. The lowest BCUT2D eigenvalue weighted by atomic mass is 10.00. The molecule has 0 saturated heterocycles. The molecule has 0 spiro atoms. The van der Waals surface area contributed by atoms with Gasteiger partial charge in [-0.3, -0.25) is 4.68 Å². The van der Waals surface area contributed by atoms with Gasteiger partial charge in [0, 0.05) is 12.6 Å². The molecule has 0 saturated carbocycles. The first-order valence-corrected chi connectivity index (χ1v) is 5.93. The van der Waals surface area contributed by atoms with E-state index in [1.165, 1.54) is 10.7 Å². The number of nitrogens with zero attached hydrogens (tertiary/aromatic N) is 2. The highest BCUT2D eigenvalue weighted by Crippen LogP contribution is 2.33. The Labute approximate surface area is 114 Å². The predicted molar refractivity (Wildman–Crippen MR) is 70.0 cm³/mol. The van der Waals surface area contributed by atoms with Gasteiger partial charge in [-0.15, -0.1) is 0 Å². The first-order valence-electron chi connectivity index (χ1n) is 5.55. The molecule has 1 N–H and O–H groups in total. The van der Waals surface area contributed by atoms with E-state index >= 15 is 0 Å². The molecular weight excluding hydrogens is 271 g/mol. The van der Waals surface area contributed by atoms with Crippen LogP contribution in [0.15, 0.2) is 12.1 Å². The van der Waals surface area contributed by atoms with E-state index in [4.69, 9.17) is 16.7 Å². The summed E-state index contributed by atoms with van der Waals surface area (Å²) in [6.07, 6.45) is 0. The highest BCUT2D eigenvalue weighted by atomic mass is 35.5. The van der Waals surface area contributed by atoms with Crippen LogP contribution in [0.5, 0.6) is 0 Å². The Hall–Kier alpha value is -1.88. The van der Waals surface area contributed by atoms with Crippen molar-refractivity contribution in [2.45, 2.75) is 13.8 Å². The van der Waals surface area contributed by atoms with E-state index in [-0.39, 0.29) is 16.3 Å².